The fourth-order valence-electron chi connectivity index (χ4n) is 1.58. The van der Waals surface area contributed by atoms with Crippen molar-refractivity contribution in [3.8, 4) is 11.5 Å². The molecular weight excluding hydrogens is 268 g/mol. The summed E-state index contributed by atoms with van der Waals surface area (Å²) < 4.78 is 5.48. The third-order valence-corrected chi connectivity index (χ3v) is 2.71. The van der Waals surface area contributed by atoms with Crippen molar-refractivity contribution >= 4 is 12.1 Å². The Morgan fingerprint density at radius 2 is 1.86 bits per heavy atom. The molecule has 0 aliphatic carbocycles. The van der Waals surface area contributed by atoms with Crippen LogP contribution in [0.3, 0.4) is 0 Å². The first-order valence-electron chi connectivity index (χ1n) is 6.49. The molecular formula is C16H16N2O3. The molecule has 21 heavy (non-hydrogen) atoms. The molecule has 1 amide bonds. The topological polar surface area (TPSA) is 70.9 Å². The van der Waals surface area contributed by atoms with Crippen LogP contribution in [-0.2, 0) is 4.79 Å². The predicted octanol–water partition coefficient (Wildman–Crippen LogP) is 2.31. The molecule has 0 saturated heterocycles. The van der Waals surface area contributed by atoms with Crippen molar-refractivity contribution in [2.75, 3.05) is 0 Å². The van der Waals surface area contributed by atoms with E-state index in [2.05, 4.69) is 10.5 Å². The minimum Gasteiger partial charge on any atom is -0.508 e. The van der Waals surface area contributed by atoms with E-state index in [1.54, 1.807) is 43.3 Å². The summed E-state index contributed by atoms with van der Waals surface area (Å²) >= 11 is 0. The third-order valence-electron chi connectivity index (χ3n) is 2.71. The van der Waals surface area contributed by atoms with E-state index < -0.39 is 6.10 Å². The number of para-hydroxylation sites is 1. The average Bonchev–Trinajstić information content (AvgIpc) is 2.50. The number of benzene rings is 2. The van der Waals surface area contributed by atoms with Gasteiger partial charge in [0.2, 0.25) is 0 Å². The van der Waals surface area contributed by atoms with Crippen molar-refractivity contribution in [3.05, 3.63) is 60.2 Å². The normalized spacial score (nSPS) is 12.0. The number of ether oxygens (including phenoxy) is 1. The molecule has 2 aromatic rings. The maximum absolute atomic E-state index is 11.8. The Morgan fingerprint density at radius 1 is 1.19 bits per heavy atom. The molecule has 1 atom stereocenters. The van der Waals surface area contributed by atoms with Crippen LogP contribution in [0.1, 0.15) is 12.5 Å². The number of nitrogens with zero attached hydrogens (tertiary/aromatic N) is 1. The van der Waals surface area contributed by atoms with Gasteiger partial charge in [0.1, 0.15) is 11.5 Å². The Hall–Kier alpha value is -2.82. The van der Waals surface area contributed by atoms with Crippen LogP contribution in [0.5, 0.6) is 11.5 Å². The lowest BCUT2D eigenvalue weighted by Crippen LogP contribution is -2.33. The van der Waals surface area contributed by atoms with Crippen LogP contribution in [0.15, 0.2) is 59.7 Å². The molecule has 2 N–H and O–H groups in total. The van der Waals surface area contributed by atoms with Crippen LogP contribution >= 0.6 is 0 Å². The Balaban J connectivity index is 1.85. The predicted molar refractivity (Wildman–Crippen MR) is 80.4 cm³/mol. The number of carbonyl (C=O) groups is 1. The summed E-state index contributed by atoms with van der Waals surface area (Å²) in [4.78, 5) is 11.8. The molecule has 0 aromatic heterocycles. The molecule has 5 nitrogen and oxygen atoms in total. The highest BCUT2D eigenvalue weighted by molar-refractivity contribution is 5.84. The Labute approximate surface area is 122 Å². The number of hydrogen-bond donors (Lipinski definition) is 2. The number of aromatic hydroxyl groups is 1. The van der Waals surface area contributed by atoms with Gasteiger partial charge in [-0.15, -0.1) is 0 Å². The van der Waals surface area contributed by atoms with E-state index in [1.165, 1.54) is 6.21 Å². The molecule has 2 aromatic carbocycles. The second-order valence-electron chi connectivity index (χ2n) is 4.40. The van der Waals surface area contributed by atoms with Gasteiger partial charge in [-0.3, -0.25) is 4.79 Å². The molecule has 0 aliphatic rings. The number of hydrazone groups is 1. The highest BCUT2D eigenvalue weighted by atomic mass is 16.5. The van der Waals surface area contributed by atoms with Crippen LogP contribution in [0.25, 0.3) is 0 Å². The summed E-state index contributed by atoms with van der Waals surface area (Å²) in [6, 6.07) is 15.6. The number of hydrogen-bond acceptors (Lipinski definition) is 4. The lowest BCUT2D eigenvalue weighted by molar-refractivity contribution is -0.127. The van der Waals surface area contributed by atoms with Gasteiger partial charge in [0.25, 0.3) is 5.91 Å². The zero-order valence-corrected chi connectivity index (χ0v) is 11.6. The zero-order chi connectivity index (χ0) is 15.1. The molecule has 0 heterocycles. The Kier molecular flexibility index (Phi) is 4.93. The molecule has 0 bridgehead atoms. The van der Waals surface area contributed by atoms with Crippen LogP contribution in [0.4, 0.5) is 0 Å². The molecule has 5 heteroatoms. The highest BCUT2D eigenvalue weighted by Gasteiger charge is 2.13. The number of phenols is 1. The van der Waals surface area contributed by atoms with Gasteiger partial charge in [0.05, 0.1) is 6.21 Å². The van der Waals surface area contributed by atoms with Gasteiger partial charge in [0, 0.05) is 0 Å². The van der Waals surface area contributed by atoms with E-state index in [1.807, 2.05) is 18.2 Å². The summed E-state index contributed by atoms with van der Waals surface area (Å²) in [5, 5.41) is 13.0. The van der Waals surface area contributed by atoms with E-state index in [0.29, 0.717) is 5.75 Å². The Morgan fingerprint density at radius 3 is 2.52 bits per heavy atom. The summed E-state index contributed by atoms with van der Waals surface area (Å²) in [6.45, 7) is 1.65. The van der Waals surface area contributed by atoms with Crippen LogP contribution in [0, 0.1) is 0 Å². The maximum atomic E-state index is 11.8. The first-order chi connectivity index (χ1) is 10.1. The van der Waals surface area contributed by atoms with Gasteiger partial charge in [-0.05, 0) is 48.9 Å². The van der Waals surface area contributed by atoms with Crippen molar-refractivity contribution in [2.24, 2.45) is 5.10 Å². The fraction of sp³-hybridized carbons (Fsp3) is 0.125. The standard InChI is InChI=1S/C16H16N2O3/c1-12(21-15-5-3-2-4-6-15)16(20)18-17-11-13-7-9-14(19)10-8-13/h2-12,19H,1H3,(H,18,20)/b17-11-/t12-/m0/s1. The quantitative estimate of drug-likeness (QED) is 0.654. The summed E-state index contributed by atoms with van der Waals surface area (Å²) in [7, 11) is 0. The van der Waals surface area contributed by atoms with E-state index in [0.717, 1.165) is 5.56 Å². The monoisotopic (exact) mass is 284 g/mol. The van der Waals surface area contributed by atoms with E-state index in [9.17, 15) is 4.79 Å². The molecule has 0 unspecified atom stereocenters. The third kappa shape index (κ3) is 4.65. The molecule has 0 aliphatic heterocycles. The first kappa shape index (κ1) is 14.6. The van der Waals surface area contributed by atoms with Gasteiger partial charge in [-0.2, -0.15) is 5.10 Å². The van der Waals surface area contributed by atoms with E-state index in [4.69, 9.17) is 9.84 Å². The second-order valence-corrected chi connectivity index (χ2v) is 4.40. The molecule has 2 rings (SSSR count). The minimum atomic E-state index is -0.649. The van der Waals surface area contributed by atoms with Crippen LogP contribution in [-0.4, -0.2) is 23.3 Å². The van der Waals surface area contributed by atoms with Gasteiger partial charge in [-0.25, -0.2) is 5.43 Å². The lowest BCUT2D eigenvalue weighted by atomic mass is 10.2. The second kappa shape index (κ2) is 7.09. The molecule has 108 valence electrons. The highest BCUT2D eigenvalue weighted by Crippen LogP contribution is 2.10. The number of amides is 1. The Bertz CT molecular complexity index is 609. The molecule has 0 radical (unpaired) electrons. The summed E-state index contributed by atoms with van der Waals surface area (Å²) in [5.74, 6) is 0.470. The molecule has 0 spiro atoms. The largest absolute Gasteiger partial charge is 0.508 e. The van der Waals surface area contributed by atoms with Crippen LogP contribution in [0.2, 0.25) is 0 Å². The first-order valence-corrected chi connectivity index (χ1v) is 6.49. The molecule has 0 fully saturated rings. The smallest absolute Gasteiger partial charge is 0.280 e. The average molecular weight is 284 g/mol. The van der Waals surface area contributed by atoms with Gasteiger partial charge < -0.3 is 9.84 Å². The van der Waals surface area contributed by atoms with Crippen LogP contribution < -0.4 is 10.2 Å². The summed E-state index contributed by atoms with van der Waals surface area (Å²) in [5.41, 5.74) is 3.18. The van der Waals surface area contributed by atoms with E-state index >= 15 is 0 Å². The number of carbonyl (C=O) groups excluding carboxylic acids is 1. The van der Waals surface area contributed by atoms with Gasteiger partial charge in [-0.1, -0.05) is 18.2 Å². The number of phenolic OH excluding ortho intramolecular Hbond substituents is 1. The number of nitrogens with one attached hydrogen (secondary N) is 1. The molecule has 0 saturated carbocycles. The van der Waals surface area contributed by atoms with Gasteiger partial charge in [0.15, 0.2) is 6.10 Å². The van der Waals surface area contributed by atoms with Gasteiger partial charge >= 0.3 is 0 Å². The van der Waals surface area contributed by atoms with Crippen molar-refractivity contribution < 1.29 is 14.6 Å². The lowest BCUT2D eigenvalue weighted by Gasteiger charge is -2.12. The maximum Gasteiger partial charge on any atom is 0.280 e. The number of rotatable bonds is 5. The van der Waals surface area contributed by atoms with Crippen molar-refractivity contribution in [3.63, 3.8) is 0 Å². The van der Waals surface area contributed by atoms with Crippen molar-refractivity contribution in [2.45, 2.75) is 13.0 Å². The summed E-state index contributed by atoms with van der Waals surface area (Å²) in [6.07, 6.45) is 0.844. The van der Waals surface area contributed by atoms with E-state index in [-0.39, 0.29) is 11.7 Å². The van der Waals surface area contributed by atoms with Crippen molar-refractivity contribution in [1.29, 1.82) is 0 Å². The zero-order valence-electron chi connectivity index (χ0n) is 11.6. The fourth-order valence-corrected chi connectivity index (χ4v) is 1.58. The minimum absolute atomic E-state index is 0.182. The van der Waals surface area contributed by atoms with Crippen molar-refractivity contribution in [1.82, 2.24) is 5.43 Å². The SMILES string of the molecule is C[C@H](Oc1ccccc1)C(=O)N/N=C\c1ccc(O)cc1.